The van der Waals surface area contributed by atoms with Crippen molar-refractivity contribution in [1.82, 2.24) is 0 Å². The van der Waals surface area contributed by atoms with Crippen LogP contribution in [-0.2, 0) is 6.42 Å². The average Bonchev–Trinajstić information content (AvgIpc) is 2.94. The summed E-state index contributed by atoms with van der Waals surface area (Å²) in [6.07, 6.45) is 0.990. The molecule has 100 valence electrons. The number of ether oxygens (including phenoxy) is 1. The van der Waals surface area contributed by atoms with Crippen molar-refractivity contribution >= 4 is 28.9 Å². The van der Waals surface area contributed by atoms with Gasteiger partial charge in [0.15, 0.2) is 5.78 Å². The number of hydrogen-bond acceptors (Lipinski definition) is 4. The molecule has 0 fully saturated rings. The van der Waals surface area contributed by atoms with E-state index in [1.807, 2.05) is 36.4 Å². The Balaban J connectivity index is 1.92. The van der Waals surface area contributed by atoms with Gasteiger partial charge in [0, 0.05) is 9.77 Å². The fourth-order valence-corrected chi connectivity index (χ4v) is 3.37. The number of thioether (sulfide) groups is 1. The molecule has 0 bridgehead atoms. The number of Topliss-reactive ketones (excluding diaryl/α,β-unsaturated/α-hetero) is 1. The van der Waals surface area contributed by atoms with Gasteiger partial charge in [-0.15, -0.1) is 23.1 Å². The van der Waals surface area contributed by atoms with Gasteiger partial charge in [-0.3, -0.25) is 4.79 Å². The third-order valence-electron chi connectivity index (χ3n) is 2.71. The summed E-state index contributed by atoms with van der Waals surface area (Å²) in [6, 6.07) is 11.7. The van der Waals surface area contributed by atoms with E-state index in [9.17, 15) is 4.79 Å². The first kappa shape index (κ1) is 14.2. The first-order chi connectivity index (χ1) is 9.22. The van der Waals surface area contributed by atoms with Crippen LogP contribution in [0.15, 0.2) is 41.3 Å². The zero-order chi connectivity index (χ0) is 13.7. The molecule has 0 saturated carbocycles. The van der Waals surface area contributed by atoms with Gasteiger partial charge in [-0.1, -0.05) is 6.92 Å². The van der Waals surface area contributed by atoms with Crippen molar-refractivity contribution in [2.45, 2.75) is 18.2 Å². The van der Waals surface area contributed by atoms with Crippen LogP contribution in [0.25, 0.3) is 0 Å². The summed E-state index contributed by atoms with van der Waals surface area (Å²) in [4.78, 5) is 15.2. The maximum absolute atomic E-state index is 12.0. The SMILES string of the molecule is CCc1ccc(C(=O)CSc2ccc(OC)cc2)s1. The summed E-state index contributed by atoms with van der Waals surface area (Å²) in [5.41, 5.74) is 0. The number of carbonyl (C=O) groups excluding carboxylic acids is 1. The van der Waals surface area contributed by atoms with E-state index in [4.69, 9.17) is 4.74 Å². The largest absolute Gasteiger partial charge is 0.497 e. The van der Waals surface area contributed by atoms with E-state index in [0.717, 1.165) is 21.9 Å². The molecule has 2 aromatic rings. The van der Waals surface area contributed by atoms with E-state index in [0.29, 0.717) is 5.75 Å². The summed E-state index contributed by atoms with van der Waals surface area (Å²) in [7, 11) is 1.65. The summed E-state index contributed by atoms with van der Waals surface area (Å²) in [6.45, 7) is 2.10. The van der Waals surface area contributed by atoms with Gasteiger partial charge in [0.25, 0.3) is 0 Å². The molecular weight excluding hydrogens is 276 g/mol. The van der Waals surface area contributed by atoms with Crippen molar-refractivity contribution in [3.8, 4) is 5.75 Å². The number of ketones is 1. The van der Waals surface area contributed by atoms with Gasteiger partial charge >= 0.3 is 0 Å². The molecule has 19 heavy (non-hydrogen) atoms. The molecule has 1 aromatic carbocycles. The molecule has 0 aliphatic heterocycles. The Morgan fingerprint density at radius 1 is 1.21 bits per heavy atom. The zero-order valence-electron chi connectivity index (χ0n) is 11.0. The van der Waals surface area contributed by atoms with Crippen LogP contribution < -0.4 is 4.74 Å². The number of rotatable bonds is 6. The predicted octanol–water partition coefficient (Wildman–Crippen LogP) is 4.29. The lowest BCUT2D eigenvalue weighted by molar-refractivity contribution is 0.102. The molecule has 0 saturated heterocycles. The van der Waals surface area contributed by atoms with E-state index >= 15 is 0 Å². The van der Waals surface area contributed by atoms with Crippen molar-refractivity contribution in [3.63, 3.8) is 0 Å². The minimum atomic E-state index is 0.200. The highest BCUT2D eigenvalue weighted by Gasteiger charge is 2.09. The average molecular weight is 292 g/mol. The molecule has 0 radical (unpaired) electrons. The predicted molar refractivity (Wildman–Crippen MR) is 81.7 cm³/mol. The second-order valence-electron chi connectivity index (χ2n) is 4.01. The molecule has 2 nitrogen and oxygen atoms in total. The number of hydrogen-bond donors (Lipinski definition) is 0. The Labute approximate surface area is 121 Å². The van der Waals surface area contributed by atoms with Crippen LogP contribution >= 0.6 is 23.1 Å². The topological polar surface area (TPSA) is 26.3 Å². The molecule has 0 unspecified atom stereocenters. The second-order valence-corrected chi connectivity index (χ2v) is 6.22. The fraction of sp³-hybridized carbons (Fsp3) is 0.267. The van der Waals surface area contributed by atoms with Crippen LogP contribution in [-0.4, -0.2) is 18.6 Å². The van der Waals surface area contributed by atoms with Crippen LogP contribution in [0.2, 0.25) is 0 Å². The Kier molecular flexibility index (Phi) is 5.05. The van der Waals surface area contributed by atoms with Crippen LogP contribution in [0.1, 0.15) is 21.5 Å². The molecule has 4 heteroatoms. The highest BCUT2D eigenvalue weighted by molar-refractivity contribution is 8.00. The Morgan fingerprint density at radius 3 is 2.53 bits per heavy atom. The molecule has 0 aliphatic carbocycles. The van der Waals surface area contributed by atoms with E-state index in [-0.39, 0.29) is 5.78 Å². The second kappa shape index (κ2) is 6.78. The first-order valence-corrected chi connectivity index (χ1v) is 7.92. The van der Waals surface area contributed by atoms with E-state index in [1.54, 1.807) is 30.2 Å². The maximum atomic E-state index is 12.0. The van der Waals surface area contributed by atoms with Crippen LogP contribution in [0, 0.1) is 0 Å². The summed E-state index contributed by atoms with van der Waals surface area (Å²) >= 11 is 3.16. The number of methoxy groups -OCH3 is 1. The van der Waals surface area contributed by atoms with E-state index in [2.05, 4.69) is 6.92 Å². The van der Waals surface area contributed by atoms with E-state index < -0.39 is 0 Å². The zero-order valence-corrected chi connectivity index (χ0v) is 12.6. The number of thiophene rings is 1. The van der Waals surface area contributed by atoms with Crippen molar-refractivity contribution in [2.75, 3.05) is 12.9 Å². The molecule has 0 N–H and O–H groups in total. The van der Waals surface area contributed by atoms with Crippen LogP contribution in [0.4, 0.5) is 0 Å². The van der Waals surface area contributed by atoms with Crippen molar-refractivity contribution in [1.29, 1.82) is 0 Å². The van der Waals surface area contributed by atoms with Gasteiger partial charge in [-0.25, -0.2) is 0 Å². The molecule has 1 aromatic heterocycles. The molecular formula is C15H16O2S2. The fourth-order valence-electron chi connectivity index (χ4n) is 1.61. The van der Waals surface area contributed by atoms with Gasteiger partial charge < -0.3 is 4.74 Å². The van der Waals surface area contributed by atoms with Crippen molar-refractivity contribution in [2.24, 2.45) is 0 Å². The normalized spacial score (nSPS) is 10.4. The molecule has 2 rings (SSSR count). The monoisotopic (exact) mass is 292 g/mol. The molecule has 0 atom stereocenters. The highest BCUT2D eigenvalue weighted by atomic mass is 32.2. The van der Waals surface area contributed by atoms with Crippen molar-refractivity contribution < 1.29 is 9.53 Å². The third kappa shape index (κ3) is 3.85. The molecule has 0 aliphatic rings. The lowest BCUT2D eigenvalue weighted by atomic mass is 10.3. The summed E-state index contributed by atoms with van der Waals surface area (Å²) in [5.74, 6) is 1.52. The lowest BCUT2D eigenvalue weighted by Crippen LogP contribution is -1.99. The molecule has 0 spiro atoms. The summed E-state index contributed by atoms with van der Waals surface area (Å²) < 4.78 is 5.10. The Morgan fingerprint density at radius 2 is 1.95 bits per heavy atom. The van der Waals surface area contributed by atoms with Crippen LogP contribution in [0.3, 0.4) is 0 Å². The lowest BCUT2D eigenvalue weighted by Gasteiger charge is -2.02. The standard InChI is InChI=1S/C15H16O2S2/c1-3-12-8-9-15(19-12)14(16)10-18-13-6-4-11(17-2)5-7-13/h4-9H,3,10H2,1-2H3. The number of carbonyl (C=O) groups is 1. The van der Waals surface area contributed by atoms with Crippen LogP contribution in [0.5, 0.6) is 5.75 Å². The van der Waals surface area contributed by atoms with Gasteiger partial charge in [0.05, 0.1) is 17.7 Å². The minimum Gasteiger partial charge on any atom is -0.497 e. The van der Waals surface area contributed by atoms with Crippen molar-refractivity contribution in [3.05, 3.63) is 46.2 Å². The van der Waals surface area contributed by atoms with Gasteiger partial charge in [-0.05, 0) is 42.8 Å². The quantitative estimate of drug-likeness (QED) is 0.587. The van der Waals surface area contributed by atoms with E-state index in [1.165, 1.54) is 4.88 Å². The third-order valence-corrected chi connectivity index (χ3v) is 5.00. The maximum Gasteiger partial charge on any atom is 0.182 e. The number of aryl methyl sites for hydroxylation is 1. The smallest absolute Gasteiger partial charge is 0.182 e. The first-order valence-electron chi connectivity index (χ1n) is 6.11. The molecule has 0 amide bonds. The van der Waals surface area contributed by atoms with Gasteiger partial charge in [0.1, 0.15) is 5.75 Å². The van der Waals surface area contributed by atoms with Gasteiger partial charge in [-0.2, -0.15) is 0 Å². The van der Waals surface area contributed by atoms with Gasteiger partial charge in [0.2, 0.25) is 0 Å². The Bertz CT molecular complexity index is 544. The number of benzene rings is 1. The molecule has 1 heterocycles. The highest BCUT2D eigenvalue weighted by Crippen LogP contribution is 2.24. The minimum absolute atomic E-state index is 0.200. The summed E-state index contributed by atoms with van der Waals surface area (Å²) in [5, 5.41) is 0. The Hall–Kier alpha value is -1.26.